The summed E-state index contributed by atoms with van der Waals surface area (Å²) < 4.78 is 53.8. The Morgan fingerprint density at radius 1 is 1.00 bits per heavy atom. The van der Waals surface area contributed by atoms with Crippen LogP contribution in [0.4, 0.5) is 10.1 Å². The summed E-state index contributed by atoms with van der Waals surface area (Å²) in [7, 11) is -3.60. The van der Waals surface area contributed by atoms with Crippen molar-refractivity contribution in [1.29, 1.82) is 0 Å². The molecule has 0 unspecified atom stereocenters. The van der Waals surface area contributed by atoms with Crippen molar-refractivity contribution in [2.24, 2.45) is 0 Å². The summed E-state index contributed by atoms with van der Waals surface area (Å²) in [6.07, 6.45) is 0. The molecular weight excluding hydrogens is 465 g/mol. The summed E-state index contributed by atoms with van der Waals surface area (Å²) in [5.41, 5.74) is 1.53. The number of hydrogen-bond acceptors (Lipinski definition) is 7. The monoisotopic (exact) mass is 489 g/mol. The fourth-order valence-corrected chi connectivity index (χ4v) is 6.31. The number of thiophene rings is 1. The highest BCUT2D eigenvalue weighted by Gasteiger charge is 2.29. The zero-order chi connectivity index (χ0) is 22.8. The molecule has 10 heteroatoms. The molecule has 33 heavy (non-hydrogen) atoms. The summed E-state index contributed by atoms with van der Waals surface area (Å²) in [5.74, 6) is 1.10. The predicted molar refractivity (Wildman–Crippen MR) is 125 cm³/mol. The number of rotatable bonds is 7. The molecule has 2 aromatic carbocycles. The molecule has 0 aliphatic carbocycles. The smallest absolute Gasteiger partial charge is 0.250 e. The Labute approximate surface area is 196 Å². The Kier molecular flexibility index (Phi) is 6.24. The van der Waals surface area contributed by atoms with E-state index in [2.05, 4.69) is 9.62 Å². The van der Waals surface area contributed by atoms with Crippen molar-refractivity contribution >= 4 is 27.0 Å². The van der Waals surface area contributed by atoms with Gasteiger partial charge in [-0.25, -0.2) is 17.5 Å². The first kappa shape index (κ1) is 22.1. The quantitative estimate of drug-likeness (QED) is 0.548. The Hall–Kier alpha value is -2.66. The van der Waals surface area contributed by atoms with Crippen molar-refractivity contribution in [2.45, 2.75) is 10.3 Å². The van der Waals surface area contributed by atoms with E-state index in [0.29, 0.717) is 43.4 Å². The molecule has 3 aromatic rings. The van der Waals surface area contributed by atoms with E-state index in [1.54, 1.807) is 29.6 Å². The number of fused-ring (bicyclic) bond motifs is 1. The standard InChI is InChI=1S/C23H24FN3O4S2/c24-18-4-1-2-5-19(18)26-9-11-27(12-10-26)20(15-25-33(28,29)23-6-3-13-32-23)17-7-8-21-22(14-17)31-16-30-21/h1-8,13-14,20,25H,9-12,15-16H2/t20-/m1/s1. The second-order valence-corrected chi connectivity index (χ2v) is 10.8. The highest BCUT2D eigenvalue weighted by Crippen LogP contribution is 2.36. The van der Waals surface area contributed by atoms with Crippen molar-refractivity contribution in [1.82, 2.24) is 9.62 Å². The van der Waals surface area contributed by atoms with Gasteiger partial charge < -0.3 is 14.4 Å². The zero-order valence-electron chi connectivity index (χ0n) is 17.8. The van der Waals surface area contributed by atoms with Gasteiger partial charge in [0.15, 0.2) is 11.5 Å². The lowest BCUT2D eigenvalue weighted by Gasteiger charge is -2.40. The van der Waals surface area contributed by atoms with E-state index in [9.17, 15) is 12.8 Å². The van der Waals surface area contributed by atoms with Crippen LogP contribution in [0.25, 0.3) is 0 Å². The average Bonchev–Trinajstić information content (AvgIpc) is 3.52. The number of nitrogens with zero attached hydrogens (tertiary/aromatic N) is 2. The number of benzene rings is 2. The van der Waals surface area contributed by atoms with Crippen molar-refractivity contribution in [2.75, 3.05) is 44.4 Å². The molecule has 0 amide bonds. The number of para-hydroxylation sites is 1. The van der Waals surface area contributed by atoms with Crippen molar-refractivity contribution in [3.8, 4) is 11.5 Å². The maximum Gasteiger partial charge on any atom is 0.250 e. The molecule has 174 valence electrons. The van der Waals surface area contributed by atoms with E-state index in [1.807, 2.05) is 29.2 Å². The number of hydrogen-bond donors (Lipinski definition) is 1. The van der Waals surface area contributed by atoms with Crippen molar-refractivity contribution in [3.63, 3.8) is 0 Å². The van der Waals surface area contributed by atoms with Crippen molar-refractivity contribution in [3.05, 3.63) is 71.4 Å². The average molecular weight is 490 g/mol. The molecular formula is C23H24FN3O4S2. The van der Waals surface area contributed by atoms with Gasteiger partial charge in [-0.2, -0.15) is 0 Å². The van der Waals surface area contributed by atoms with Gasteiger partial charge in [0, 0.05) is 38.8 Å². The van der Waals surface area contributed by atoms with Crippen LogP contribution in [0.1, 0.15) is 11.6 Å². The van der Waals surface area contributed by atoms with E-state index >= 15 is 0 Å². The molecule has 2 aliphatic heterocycles. The van der Waals surface area contributed by atoms with Crippen LogP contribution in [0.15, 0.2) is 64.2 Å². The van der Waals surface area contributed by atoms with Gasteiger partial charge in [-0.1, -0.05) is 24.3 Å². The molecule has 2 aliphatic rings. The summed E-state index contributed by atoms with van der Waals surface area (Å²) in [6, 6.07) is 15.6. The van der Waals surface area contributed by atoms with Gasteiger partial charge in [-0.05, 0) is 41.3 Å². The molecule has 3 heterocycles. The molecule has 0 bridgehead atoms. The van der Waals surface area contributed by atoms with Crippen LogP contribution in [-0.4, -0.2) is 52.8 Å². The number of halogens is 1. The lowest BCUT2D eigenvalue weighted by atomic mass is 10.0. The molecule has 1 fully saturated rings. The number of piperazine rings is 1. The highest BCUT2D eigenvalue weighted by molar-refractivity contribution is 7.91. The Morgan fingerprint density at radius 2 is 1.79 bits per heavy atom. The minimum absolute atomic E-state index is 0.176. The first-order chi connectivity index (χ1) is 16.0. The number of nitrogens with one attached hydrogen (secondary N) is 1. The molecule has 1 atom stereocenters. The van der Waals surface area contributed by atoms with E-state index in [0.717, 1.165) is 5.56 Å². The van der Waals surface area contributed by atoms with Gasteiger partial charge in [-0.15, -0.1) is 11.3 Å². The summed E-state index contributed by atoms with van der Waals surface area (Å²) in [5, 5.41) is 1.74. The van der Waals surface area contributed by atoms with Crippen LogP contribution in [-0.2, 0) is 10.0 Å². The number of anilines is 1. The van der Waals surface area contributed by atoms with E-state index in [1.165, 1.54) is 17.4 Å². The lowest BCUT2D eigenvalue weighted by molar-refractivity contribution is 0.173. The first-order valence-corrected chi connectivity index (χ1v) is 13.0. The normalized spacial score (nSPS) is 17.3. The van der Waals surface area contributed by atoms with Gasteiger partial charge >= 0.3 is 0 Å². The minimum Gasteiger partial charge on any atom is -0.454 e. The van der Waals surface area contributed by atoms with Crippen molar-refractivity contribution < 1.29 is 22.3 Å². The van der Waals surface area contributed by atoms with Crippen LogP contribution in [0, 0.1) is 5.82 Å². The van der Waals surface area contributed by atoms with Gasteiger partial charge in [0.05, 0.1) is 5.69 Å². The second-order valence-electron chi connectivity index (χ2n) is 7.89. The molecule has 1 aromatic heterocycles. The Bertz CT molecular complexity index is 1210. The van der Waals surface area contributed by atoms with Crippen LogP contribution in [0.3, 0.4) is 0 Å². The fourth-order valence-electron chi connectivity index (χ4n) is 4.24. The van der Waals surface area contributed by atoms with Gasteiger partial charge in [0.25, 0.3) is 0 Å². The molecule has 5 rings (SSSR count). The Morgan fingerprint density at radius 3 is 2.55 bits per heavy atom. The minimum atomic E-state index is -3.60. The largest absolute Gasteiger partial charge is 0.454 e. The second kappa shape index (κ2) is 9.30. The van der Waals surface area contributed by atoms with E-state index in [-0.39, 0.29) is 29.4 Å². The molecule has 0 spiro atoms. The SMILES string of the molecule is O=S(=O)(NC[C@H](c1ccc2c(c1)OCO2)N1CCN(c2ccccc2F)CC1)c1cccs1. The topological polar surface area (TPSA) is 71.1 Å². The maximum absolute atomic E-state index is 14.3. The molecule has 0 radical (unpaired) electrons. The first-order valence-electron chi connectivity index (χ1n) is 10.7. The summed E-state index contributed by atoms with van der Waals surface area (Å²) in [4.78, 5) is 4.25. The molecule has 1 N–H and O–H groups in total. The fraction of sp³-hybridized carbons (Fsp3) is 0.304. The highest BCUT2D eigenvalue weighted by atomic mass is 32.2. The van der Waals surface area contributed by atoms with Crippen LogP contribution < -0.4 is 19.1 Å². The third-order valence-corrected chi connectivity index (χ3v) is 8.78. The lowest BCUT2D eigenvalue weighted by Crippen LogP contribution is -2.50. The third-order valence-electron chi connectivity index (χ3n) is 5.96. The molecule has 1 saturated heterocycles. The molecule has 0 saturated carbocycles. The van der Waals surface area contributed by atoms with E-state index in [4.69, 9.17) is 9.47 Å². The van der Waals surface area contributed by atoms with Gasteiger partial charge in [-0.3, -0.25) is 4.90 Å². The van der Waals surface area contributed by atoms with Crippen LogP contribution in [0.5, 0.6) is 11.5 Å². The number of sulfonamides is 1. The van der Waals surface area contributed by atoms with E-state index < -0.39 is 10.0 Å². The predicted octanol–water partition coefficient (Wildman–Crippen LogP) is 3.46. The summed E-state index contributed by atoms with van der Waals surface area (Å²) >= 11 is 1.19. The third kappa shape index (κ3) is 4.70. The zero-order valence-corrected chi connectivity index (χ0v) is 19.4. The number of ether oxygens (including phenoxy) is 2. The maximum atomic E-state index is 14.3. The van der Waals surface area contributed by atoms with Gasteiger partial charge in [0.2, 0.25) is 16.8 Å². The van der Waals surface area contributed by atoms with Crippen LogP contribution in [0.2, 0.25) is 0 Å². The van der Waals surface area contributed by atoms with Crippen LogP contribution >= 0.6 is 11.3 Å². The molecule has 7 nitrogen and oxygen atoms in total. The van der Waals surface area contributed by atoms with Gasteiger partial charge in [0.1, 0.15) is 10.0 Å². The Balaban J connectivity index is 1.36. The summed E-state index contributed by atoms with van der Waals surface area (Å²) in [6.45, 7) is 2.98.